The van der Waals surface area contributed by atoms with Crippen LogP contribution in [-0.2, 0) is 4.74 Å². The smallest absolute Gasteiger partial charge is 0.0468 e. The van der Waals surface area contributed by atoms with Gasteiger partial charge in [0.05, 0.1) is 0 Å². The number of rotatable bonds is 8. The van der Waals surface area contributed by atoms with Crippen molar-refractivity contribution in [2.24, 2.45) is 5.41 Å². The molecule has 2 atom stereocenters. The van der Waals surface area contributed by atoms with Crippen molar-refractivity contribution in [1.82, 2.24) is 10.6 Å². The maximum atomic E-state index is 5.19. The Morgan fingerprint density at radius 3 is 2.88 bits per heavy atom. The zero-order valence-corrected chi connectivity index (χ0v) is 11.4. The van der Waals surface area contributed by atoms with Gasteiger partial charge in [-0.05, 0) is 57.4 Å². The summed E-state index contributed by atoms with van der Waals surface area (Å²) in [5, 5.41) is 7.30. The summed E-state index contributed by atoms with van der Waals surface area (Å²) < 4.78 is 5.19. The zero-order chi connectivity index (χ0) is 12.1. The minimum Gasteiger partial charge on any atom is -0.385 e. The lowest BCUT2D eigenvalue weighted by atomic mass is 10.0. The second-order valence-corrected chi connectivity index (χ2v) is 6.05. The first-order valence-electron chi connectivity index (χ1n) is 7.20. The van der Waals surface area contributed by atoms with Crippen LogP contribution in [0.1, 0.15) is 45.4 Å². The summed E-state index contributed by atoms with van der Waals surface area (Å²) in [6.07, 6.45) is 8.00. The van der Waals surface area contributed by atoms with Crippen LogP contribution in [0, 0.1) is 5.41 Å². The average molecular weight is 240 g/mol. The molecule has 0 aromatic rings. The molecule has 1 saturated heterocycles. The van der Waals surface area contributed by atoms with E-state index in [0.29, 0.717) is 11.5 Å². The monoisotopic (exact) mass is 240 g/mol. The molecule has 1 aliphatic carbocycles. The van der Waals surface area contributed by atoms with E-state index in [1.54, 1.807) is 7.11 Å². The lowest BCUT2D eigenvalue weighted by molar-refractivity contribution is 0.170. The fourth-order valence-corrected chi connectivity index (χ4v) is 2.87. The molecule has 0 spiro atoms. The summed E-state index contributed by atoms with van der Waals surface area (Å²) in [5.41, 5.74) is 0.577. The van der Waals surface area contributed by atoms with Gasteiger partial charge in [0.15, 0.2) is 0 Å². The molecule has 0 aromatic heterocycles. The molecule has 1 saturated carbocycles. The van der Waals surface area contributed by atoms with E-state index in [2.05, 4.69) is 17.6 Å². The van der Waals surface area contributed by atoms with Crippen LogP contribution >= 0.6 is 0 Å². The topological polar surface area (TPSA) is 33.3 Å². The van der Waals surface area contributed by atoms with Gasteiger partial charge in [0.2, 0.25) is 0 Å². The highest BCUT2D eigenvalue weighted by molar-refractivity contribution is 4.95. The molecule has 1 heterocycles. The second-order valence-electron chi connectivity index (χ2n) is 6.05. The third kappa shape index (κ3) is 4.23. The van der Waals surface area contributed by atoms with Crippen LogP contribution in [0.25, 0.3) is 0 Å². The Labute approximate surface area is 106 Å². The predicted octanol–water partition coefficient (Wildman–Crippen LogP) is 1.92. The first kappa shape index (κ1) is 13.3. The highest BCUT2D eigenvalue weighted by Gasteiger charge is 2.41. The SMILES string of the molecule is COCCC1(CNC(C)CC2CCCN2)CC1. The van der Waals surface area contributed by atoms with E-state index in [-0.39, 0.29) is 0 Å². The third-order valence-corrected chi connectivity index (χ3v) is 4.42. The largest absolute Gasteiger partial charge is 0.385 e. The lowest BCUT2D eigenvalue weighted by Gasteiger charge is -2.22. The molecule has 2 aliphatic rings. The lowest BCUT2D eigenvalue weighted by Crippen LogP contribution is -2.37. The quantitative estimate of drug-likeness (QED) is 0.680. The van der Waals surface area contributed by atoms with Crippen molar-refractivity contribution >= 4 is 0 Å². The van der Waals surface area contributed by atoms with Crippen molar-refractivity contribution in [2.75, 3.05) is 26.8 Å². The molecule has 0 radical (unpaired) electrons. The van der Waals surface area contributed by atoms with E-state index >= 15 is 0 Å². The summed E-state index contributed by atoms with van der Waals surface area (Å²) in [5.74, 6) is 0. The molecule has 0 bridgehead atoms. The molecule has 1 aliphatic heterocycles. The molecule has 3 nitrogen and oxygen atoms in total. The van der Waals surface area contributed by atoms with Crippen LogP contribution in [-0.4, -0.2) is 38.9 Å². The Kier molecular flexibility index (Phi) is 4.83. The highest BCUT2D eigenvalue weighted by Crippen LogP contribution is 2.48. The van der Waals surface area contributed by atoms with Crippen LogP contribution in [0.2, 0.25) is 0 Å². The number of methoxy groups -OCH3 is 1. The molecule has 2 rings (SSSR count). The van der Waals surface area contributed by atoms with E-state index in [9.17, 15) is 0 Å². The molecule has 2 fully saturated rings. The molecule has 0 amide bonds. The number of ether oxygens (including phenoxy) is 1. The Morgan fingerprint density at radius 1 is 1.47 bits per heavy atom. The number of nitrogens with one attached hydrogen (secondary N) is 2. The zero-order valence-electron chi connectivity index (χ0n) is 11.4. The Morgan fingerprint density at radius 2 is 2.29 bits per heavy atom. The van der Waals surface area contributed by atoms with Gasteiger partial charge in [-0.3, -0.25) is 0 Å². The standard InChI is InChI=1S/C14H28N2O/c1-12(10-13-4-3-8-15-13)16-11-14(5-6-14)7-9-17-2/h12-13,15-16H,3-11H2,1-2H3. The van der Waals surface area contributed by atoms with Crippen LogP contribution in [0.3, 0.4) is 0 Å². The van der Waals surface area contributed by atoms with Crippen molar-refractivity contribution in [3.8, 4) is 0 Å². The summed E-state index contributed by atoms with van der Waals surface area (Å²) in [4.78, 5) is 0. The van der Waals surface area contributed by atoms with Crippen molar-refractivity contribution in [2.45, 2.75) is 57.5 Å². The summed E-state index contributed by atoms with van der Waals surface area (Å²) >= 11 is 0. The molecule has 2 N–H and O–H groups in total. The van der Waals surface area contributed by atoms with Gasteiger partial charge < -0.3 is 15.4 Å². The van der Waals surface area contributed by atoms with E-state index in [0.717, 1.165) is 12.6 Å². The van der Waals surface area contributed by atoms with Crippen LogP contribution < -0.4 is 10.6 Å². The average Bonchev–Trinajstić information content (AvgIpc) is 2.92. The van der Waals surface area contributed by atoms with Gasteiger partial charge in [0.1, 0.15) is 0 Å². The van der Waals surface area contributed by atoms with E-state index < -0.39 is 0 Å². The maximum absolute atomic E-state index is 5.19. The van der Waals surface area contributed by atoms with Crippen LogP contribution in [0.5, 0.6) is 0 Å². The van der Waals surface area contributed by atoms with Gasteiger partial charge >= 0.3 is 0 Å². The van der Waals surface area contributed by atoms with E-state index in [4.69, 9.17) is 4.74 Å². The van der Waals surface area contributed by atoms with Gasteiger partial charge in [-0.25, -0.2) is 0 Å². The molecule has 100 valence electrons. The Hall–Kier alpha value is -0.120. The normalized spacial score (nSPS) is 28.2. The first-order chi connectivity index (χ1) is 8.24. The first-order valence-corrected chi connectivity index (χ1v) is 7.20. The summed E-state index contributed by atoms with van der Waals surface area (Å²) in [6.45, 7) is 5.64. The molecule has 17 heavy (non-hydrogen) atoms. The fourth-order valence-electron chi connectivity index (χ4n) is 2.87. The van der Waals surface area contributed by atoms with Gasteiger partial charge in [-0.2, -0.15) is 0 Å². The number of hydrogen-bond donors (Lipinski definition) is 2. The minimum absolute atomic E-state index is 0.577. The second kappa shape index (κ2) is 6.17. The van der Waals surface area contributed by atoms with Gasteiger partial charge in [-0.15, -0.1) is 0 Å². The molecule has 0 aromatic carbocycles. The highest BCUT2D eigenvalue weighted by atomic mass is 16.5. The maximum Gasteiger partial charge on any atom is 0.0468 e. The molecular formula is C14H28N2O. The fraction of sp³-hybridized carbons (Fsp3) is 1.00. The molecule has 2 unspecified atom stereocenters. The van der Waals surface area contributed by atoms with Crippen LogP contribution in [0.4, 0.5) is 0 Å². The van der Waals surface area contributed by atoms with Crippen molar-refractivity contribution in [1.29, 1.82) is 0 Å². The van der Waals surface area contributed by atoms with Crippen molar-refractivity contribution < 1.29 is 4.74 Å². The third-order valence-electron chi connectivity index (χ3n) is 4.42. The summed E-state index contributed by atoms with van der Waals surface area (Å²) in [6, 6.07) is 1.40. The summed E-state index contributed by atoms with van der Waals surface area (Å²) in [7, 11) is 1.80. The van der Waals surface area contributed by atoms with Gasteiger partial charge in [0.25, 0.3) is 0 Å². The van der Waals surface area contributed by atoms with Crippen molar-refractivity contribution in [3.05, 3.63) is 0 Å². The predicted molar refractivity (Wildman–Crippen MR) is 71.3 cm³/mol. The van der Waals surface area contributed by atoms with Gasteiger partial charge in [0, 0.05) is 32.3 Å². The number of hydrogen-bond acceptors (Lipinski definition) is 3. The Balaban J connectivity index is 1.60. The van der Waals surface area contributed by atoms with Crippen molar-refractivity contribution in [3.63, 3.8) is 0 Å². The Bertz CT molecular complexity index is 222. The van der Waals surface area contributed by atoms with Gasteiger partial charge in [-0.1, -0.05) is 0 Å². The van der Waals surface area contributed by atoms with E-state index in [1.807, 2.05) is 0 Å². The van der Waals surface area contributed by atoms with E-state index in [1.165, 1.54) is 51.6 Å². The minimum atomic E-state index is 0.577. The molecular weight excluding hydrogens is 212 g/mol. The molecule has 3 heteroatoms. The van der Waals surface area contributed by atoms with Crippen LogP contribution in [0.15, 0.2) is 0 Å².